The van der Waals surface area contributed by atoms with Gasteiger partial charge in [0.2, 0.25) is 0 Å². The van der Waals surface area contributed by atoms with Gasteiger partial charge >= 0.3 is 5.51 Å². The summed E-state index contributed by atoms with van der Waals surface area (Å²) in [6, 6.07) is 32.7. The highest BCUT2D eigenvalue weighted by atomic mass is 35.5. The van der Waals surface area contributed by atoms with Crippen LogP contribution in [0.1, 0.15) is 41.2 Å². The number of nitrogens with one attached hydrogen (secondary N) is 2. The van der Waals surface area contributed by atoms with Gasteiger partial charge in [0.25, 0.3) is 25.8 Å². The SMILES string of the molecule is CN(CCO)CC[C@H](CSc1ccccc1)Nc1ccc(S(=O)(=O)NC(=O)c2ccc(N3CCC(C(N)c4ccccc4-c4ccc(Cl)cc4)CC3)cc2)cc1S(=O)(=O)C(F)(F)F. The zero-order chi connectivity index (χ0) is 45.4. The van der Waals surface area contributed by atoms with Crippen molar-refractivity contribution < 1.29 is 39.9 Å². The molecule has 0 saturated carbocycles. The van der Waals surface area contributed by atoms with Gasteiger partial charge < -0.3 is 26.0 Å². The number of aliphatic hydroxyl groups is 1. The minimum atomic E-state index is -6.08. The van der Waals surface area contributed by atoms with Crippen LogP contribution in [0.3, 0.4) is 0 Å². The molecule has 1 saturated heterocycles. The standard InChI is InChI=1S/C45H49ClF3N5O6S3/c1-53(27-28-55)24-23-35(30-61-37-7-3-2-4-8-37)51-41-20-19-38(29-42(41)62(57,58)45(47,48)49)63(59,60)52-44(56)33-13-17-36(18-14-33)54-25-21-32(22-26-54)43(50)40-10-6-5-9-39(40)31-11-15-34(46)16-12-31/h2-20,29,32,35,43,51,55H,21-28,30,50H2,1H3,(H,52,56)/t35-,43?/m1/s1. The number of anilines is 2. The van der Waals surface area contributed by atoms with Gasteiger partial charge in [0, 0.05) is 58.6 Å². The van der Waals surface area contributed by atoms with E-state index in [0.717, 1.165) is 52.2 Å². The number of alkyl halides is 3. The summed E-state index contributed by atoms with van der Waals surface area (Å²) >= 11 is 7.51. The number of nitrogens with zero attached hydrogens (tertiary/aromatic N) is 2. The summed E-state index contributed by atoms with van der Waals surface area (Å²) < 4.78 is 97.1. The van der Waals surface area contributed by atoms with Crippen molar-refractivity contribution >= 4 is 60.5 Å². The van der Waals surface area contributed by atoms with E-state index in [0.29, 0.717) is 49.4 Å². The van der Waals surface area contributed by atoms with Gasteiger partial charge in [-0.2, -0.15) is 13.2 Å². The minimum absolute atomic E-state index is 0.0376. The van der Waals surface area contributed by atoms with E-state index in [9.17, 15) is 39.9 Å². The third kappa shape index (κ3) is 12.1. The molecule has 5 N–H and O–H groups in total. The fraction of sp³-hybridized carbons (Fsp3) is 0.311. The Morgan fingerprint density at radius 1 is 0.905 bits per heavy atom. The number of carbonyl (C=O) groups excluding carboxylic acids is 1. The van der Waals surface area contributed by atoms with Gasteiger partial charge in [0.15, 0.2) is 0 Å². The van der Waals surface area contributed by atoms with Crippen molar-refractivity contribution in [3.05, 3.63) is 137 Å². The molecular formula is C45H49ClF3N5O6S3. The first-order chi connectivity index (χ1) is 30.0. The number of sulfonamides is 1. The molecule has 1 unspecified atom stereocenters. The molecule has 6 rings (SSSR count). The molecule has 11 nitrogen and oxygen atoms in total. The Morgan fingerprint density at radius 3 is 2.21 bits per heavy atom. The molecule has 2 atom stereocenters. The summed E-state index contributed by atoms with van der Waals surface area (Å²) in [6.45, 7) is 2.00. The lowest BCUT2D eigenvalue weighted by Crippen LogP contribution is -2.37. The maximum absolute atomic E-state index is 14.1. The van der Waals surface area contributed by atoms with E-state index in [4.69, 9.17) is 17.3 Å². The Labute approximate surface area is 375 Å². The molecule has 0 radical (unpaired) electrons. The van der Waals surface area contributed by atoms with E-state index >= 15 is 0 Å². The van der Waals surface area contributed by atoms with Gasteiger partial charge in [-0.3, -0.25) is 4.79 Å². The Morgan fingerprint density at radius 2 is 1.56 bits per heavy atom. The molecule has 0 aromatic heterocycles. The van der Waals surface area contributed by atoms with Crippen LogP contribution in [0, 0.1) is 5.92 Å². The minimum Gasteiger partial charge on any atom is -0.395 e. The second-order valence-electron chi connectivity index (χ2n) is 15.3. The number of carbonyl (C=O) groups is 1. The fourth-order valence-electron chi connectivity index (χ4n) is 7.44. The average Bonchev–Trinajstić information content (AvgIpc) is 3.27. The average molecular weight is 945 g/mol. The highest BCUT2D eigenvalue weighted by Crippen LogP contribution is 2.38. The number of likely N-dealkylation sites (N-methyl/N-ethyl adjacent to an activating group) is 1. The van der Waals surface area contributed by atoms with Crippen molar-refractivity contribution in [2.75, 3.05) is 55.8 Å². The first kappa shape index (κ1) is 47.8. The summed E-state index contributed by atoms with van der Waals surface area (Å²) in [7, 11) is -9.19. The van der Waals surface area contributed by atoms with Crippen LogP contribution in [0.2, 0.25) is 5.02 Å². The third-order valence-electron chi connectivity index (χ3n) is 11.0. The molecule has 0 bridgehead atoms. The normalized spacial score (nSPS) is 15.0. The maximum Gasteiger partial charge on any atom is 0.501 e. The molecule has 1 aliphatic heterocycles. The Kier molecular flexibility index (Phi) is 15.9. The lowest BCUT2D eigenvalue weighted by Gasteiger charge is -2.36. The van der Waals surface area contributed by atoms with Gasteiger partial charge in [0.1, 0.15) is 4.90 Å². The summed E-state index contributed by atoms with van der Waals surface area (Å²) in [5.41, 5.74) is 4.54. The van der Waals surface area contributed by atoms with Crippen molar-refractivity contribution in [1.29, 1.82) is 0 Å². The van der Waals surface area contributed by atoms with Crippen LogP contribution in [0.5, 0.6) is 0 Å². The lowest BCUT2D eigenvalue weighted by atomic mass is 9.83. The van der Waals surface area contributed by atoms with Gasteiger partial charge in [0.05, 0.1) is 17.2 Å². The number of hydrogen-bond donors (Lipinski definition) is 4. The summed E-state index contributed by atoms with van der Waals surface area (Å²) in [4.78, 5) is 16.0. The zero-order valence-electron chi connectivity index (χ0n) is 34.3. The molecule has 336 valence electrons. The molecular weight excluding hydrogens is 895 g/mol. The number of rotatable bonds is 18. The topological polar surface area (TPSA) is 162 Å². The predicted octanol–water partition coefficient (Wildman–Crippen LogP) is 8.22. The summed E-state index contributed by atoms with van der Waals surface area (Å²) in [5.74, 6) is -0.547. The first-order valence-electron chi connectivity index (χ1n) is 20.2. The highest BCUT2D eigenvalue weighted by molar-refractivity contribution is 7.99. The molecule has 0 aliphatic carbocycles. The van der Waals surface area contributed by atoms with Gasteiger partial charge in [-0.15, -0.1) is 11.8 Å². The molecule has 1 aliphatic rings. The molecule has 1 amide bonds. The maximum atomic E-state index is 14.1. The predicted molar refractivity (Wildman–Crippen MR) is 243 cm³/mol. The quantitative estimate of drug-likeness (QED) is 0.0627. The number of sulfone groups is 1. The second kappa shape index (κ2) is 20.9. The van der Waals surface area contributed by atoms with Crippen LogP contribution in [0.25, 0.3) is 11.1 Å². The highest BCUT2D eigenvalue weighted by Gasteiger charge is 2.48. The van der Waals surface area contributed by atoms with Crippen LogP contribution in [0.4, 0.5) is 24.5 Å². The lowest BCUT2D eigenvalue weighted by molar-refractivity contribution is -0.0435. The smallest absolute Gasteiger partial charge is 0.395 e. The van der Waals surface area contributed by atoms with Crippen LogP contribution in [-0.2, 0) is 19.9 Å². The van der Waals surface area contributed by atoms with Crippen molar-refractivity contribution in [3.63, 3.8) is 0 Å². The van der Waals surface area contributed by atoms with Crippen LogP contribution in [-0.4, -0.2) is 89.9 Å². The number of halogens is 4. The van der Waals surface area contributed by atoms with Crippen LogP contribution >= 0.6 is 23.4 Å². The first-order valence-corrected chi connectivity index (χ1v) is 24.5. The number of piperidine rings is 1. The van der Waals surface area contributed by atoms with E-state index in [-0.39, 0.29) is 24.1 Å². The van der Waals surface area contributed by atoms with Crippen molar-refractivity contribution in [2.45, 2.75) is 51.5 Å². The molecule has 5 aromatic rings. The van der Waals surface area contributed by atoms with E-state index in [2.05, 4.69) is 10.2 Å². The fourth-order valence-corrected chi connectivity index (χ4v) is 10.6. The number of benzene rings is 5. The van der Waals surface area contributed by atoms with Crippen LogP contribution < -0.4 is 20.7 Å². The second-order valence-corrected chi connectivity index (χ2v) is 20.4. The number of hydrogen-bond acceptors (Lipinski definition) is 11. The Bertz CT molecular complexity index is 2550. The summed E-state index contributed by atoms with van der Waals surface area (Å²) in [5, 5.41) is 12.9. The molecule has 1 heterocycles. The third-order valence-corrected chi connectivity index (χ3v) is 15.3. The van der Waals surface area contributed by atoms with E-state index in [1.807, 2.05) is 88.5 Å². The van der Waals surface area contributed by atoms with E-state index < -0.39 is 52.8 Å². The number of thioether (sulfide) groups is 1. The van der Waals surface area contributed by atoms with Crippen molar-refractivity contribution in [3.8, 4) is 11.1 Å². The van der Waals surface area contributed by atoms with Crippen molar-refractivity contribution in [2.24, 2.45) is 11.7 Å². The van der Waals surface area contributed by atoms with E-state index in [1.165, 1.54) is 23.9 Å². The van der Waals surface area contributed by atoms with E-state index in [1.54, 1.807) is 19.2 Å². The Hall–Kier alpha value is -4.62. The molecule has 1 fully saturated rings. The van der Waals surface area contributed by atoms with Gasteiger partial charge in [-0.1, -0.05) is 66.2 Å². The molecule has 18 heteroatoms. The number of aliphatic hydroxyl groups excluding tert-OH is 1. The monoisotopic (exact) mass is 943 g/mol. The van der Waals surface area contributed by atoms with Gasteiger partial charge in [-0.25, -0.2) is 21.6 Å². The Balaban J connectivity index is 1.14. The van der Waals surface area contributed by atoms with Crippen LogP contribution in [0.15, 0.2) is 136 Å². The molecule has 5 aromatic carbocycles. The largest absolute Gasteiger partial charge is 0.501 e. The van der Waals surface area contributed by atoms with Crippen molar-refractivity contribution in [1.82, 2.24) is 9.62 Å². The number of amides is 1. The zero-order valence-corrected chi connectivity index (χ0v) is 37.5. The summed E-state index contributed by atoms with van der Waals surface area (Å²) in [6.07, 6.45) is 1.93. The number of nitrogens with two attached hydrogens (primary N) is 1. The van der Waals surface area contributed by atoms with Gasteiger partial charge in [-0.05, 0) is 122 Å². The molecule has 0 spiro atoms. The molecule has 63 heavy (non-hydrogen) atoms.